The Labute approximate surface area is 132 Å². The van der Waals surface area contributed by atoms with E-state index >= 15 is 0 Å². The molecule has 3 atom stereocenters. The number of amides is 1. The van der Waals surface area contributed by atoms with E-state index in [-0.39, 0.29) is 11.9 Å². The van der Waals surface area contributed by atoms with Gasteiger partial charge in [0.2, 0.25) is 5.91 Å². The number of likely N-dealkylation sites (tertiary alicyclic amines) is 1. The molecule has 0 aromatic carbocycles. The van der Waals surface area contributed by atoms with Crippen LogP contribution in [0.4, 0.5) is 0 Å². The second-order valence-corrected chi connectivity index (χ2v) is 6.59. The second kappa shape index (κ2) is 7.20. The van der Waals surface area contributed by atoms with Crippen LogP contribution >= 0.6 is 0 Å². The number of pyridine rings is 1. The van der Waals surface area contributed by atoms with Crippen molar-refractivity contribution >= 4 is 5.91 Å². The Bertz CT molecular complexity index is 487. The van der Waals surface area contributed by atoms with Gasteiger partial charge in [-0.05, 0) is 43.9 Å². The predicted octanol–water partition coefficient (Wildman–Crippen LogP) is 1.16. The van der Waals surface area contributed by atoms with Gasteiger partial charge < -0.3 is 10.6 Å². The summed E-state index contributed by atoms with van der Waals surface area (Å²) in [6.07, 6.45) is 4.95. The van der Waals surface area contributed by atoms with E-state index in [1.54, 1.807) is 0 Å². The lowest BCUT2D eigenvalue weighted by atomic mass is 9.93. The van der Waals surface area contributed by atoms with E-state index in [4.69, 9.17) is 0 Å². The standard InChI is InChI=1S/C17H26N4O/c1-13-11-21(12-14-5-2-3-8-18-14)10-7-15(13)20-17(22)16-6-4-9-19-16/h2-3,5,8,13,15-16,19H,4,6-7,9-12H2,1H3,(H,20,22)/t13-,15+,16-/m0/s1. The molecule has 0 spiro atoms. The fourth-order valence-electron chi connectivity index (χ4n) is 3.50. The number of hydrogen-bond donors (Lipinski definition) is 2. The number of carbonyl (C=O) groups is 1. The van der Waals surface area contributed by atoms with Crippen LogP contribution in [-0.4, -0.2) is 47.5 Å². The van der Waals surface area contributed by atoms with E-state index < -0.39 is 0 Å². The van der Waals surface area contributed by atoms with Gasteiger partial charge in [0.05, 0.1) is 11.7 Å². The molecule has 2 aliphatic rings. The number of nitrogens with zero attached hydrogens (tertiary/aromatic N) is 2. The monoisotopic (exact) mass is 302 g/mol. The summed E-state index contributed by atoms with van der Waals surface area (Å²) in [6.45, 7) is 6.13. The van der Waals surface area contributed by atoms with Gasteiger partial charge in [0.25, 0.3) is 0 Å². The summed E-state index contributed by atoms with van der Waals surface area (Å²) in [5.41, 5.74) is 1.12. The minimum Gasteiger partial charge on any atom is -0.352 e. The van der Waals surface area contributed by atoms with Crippen LogP contribution < -0.4 is 10.6 Å². The number of nitrogens with one attached hydrogen (secondary N) is 2. The number of aromatic nitrogens is 1. The largest absolute Gasteiger partial charge is 0.352 e. The zero-order valence-electron chi connectivity index (χ0n) is 13.3. The first-order valence-corrected chi connectivity index (χ1v) is 8.38. The van der Waals surface area contributed by atoms with Crippen molar-refractivity contribution in [3.05, 3.63) is 30.1 Å². The fraction of sp³-hybridized carbons (Fsp3) is 0.647. The summed E-state index contributed by atoms with van der Waals surface area (Å²) in [7, 11) is 0. The Morgan fingerprint density at radius 2 is 2.36 bits per heavy atom. The van der Waals surface area contributed by atoms with Crippen LogP contribution in [-0.2, 0) is 11.3 Å². The smallest absolute Gasteiger partial charge is 0.237 e. The van der Waals surface area contributed by atoms with E-state index in [1.165, 1.54) is 0 Å². The van der Waals surface area contributed by atoms with Gasteiger partial charge in [0, 0.05) is 31.9 Å². The molecule has 2 N–H and O–H groups in total. The molecule has 3 rings (SSSR count). The van der Waals surface area contributed by atoms with Crippen molar-refractivity contribution < 1.29 is 4.79 Å². The van der Waals surface area contributed by atoms with Crippen molar-refractivity contribution in [2.75, 3.05) is 19.6 Å². The topological polar surface area (TPSA) is 57.3 Å². The zero-order chi connectivity index (χ0) is 15.4. The van der Waals surface area contributed by atoms with Crippen LogP contribution in [0.5, 0.6) is 0 Å². The molecule has 0 radical (unpaired) electrons. The molecule has 0 bridgehead atoms. The Morgan fingerprint density at radius 3 is 3.05 bits per heavy atom. The molecular weight excluding hydrogens is 276 g/mol. The Kier molecular flexibility index (Phi) is 5.05. The first-order valence-electron chi connectivity index (χ1n) is 8.38. The zero-order valence-corrected chi connectivity index (χ0v) is 13.3. The van der Waals surface area contributed by atoms with Gasteiger partial charge in [0.15, 0.2) is 0 Å². The van der Waals surface area contributed by atoms with Gasteiger partial charge in [-0.2, -0.15) is 0 Å². The predicted molar refractivity (Wildman–Crippen MR) is 86.3 cm³/mol. The van der Waals surface area contributed by atoms with Crippen molar-refractivity contribution in [1.29, 1.82) is 0 Å². The SMILES string of the molecule is C[C@H]1CN(Cc2ccccn2)CC[C@H]1NC(=O)[C@@H]1CCCN1. The lowest BCUT2D eigenvalue weighted by Gasteiger charge is -2.37. The Balaban J connectivity index is 1.48. The molecule has 1 aromatic rings. The normalized spacial score (nSPS) is 29.4. The maximum absolute atomic E-state index is 12.2. The third kappa shape index (κ3) is 3.84. The lowest BCUT2D eigenvalue weighted by Crippen LogP contribution is -2.53. The summed E-state index contributed by atoms with van der Waals surface area (Å²) in [5.74, 6) is 0.662. The van der Waals surface area contributed by atoms with E-state index in [0.29, 0.717) is 12.0 Å². The van der Waals surface area contributed by atoms with Crippen LogP contribution in [0, 0.1) is 5.92 Å². The van der Waals surface area contributed by atoms with Crippen LogP contribution in [0.15, 0.2) is 24.4 Å². The lowest BCUT2D eigenvalue weighted by molar-refractivity contribution is -0.124. The molecule has 0 saturated carbocycles. The fourth-order valence-corrected chi connectivity index (χ4v) is 3.50. The molecule has 22 heavy (non-hydrogen) atoms. The average molecular weight is 302 g/mol. The highest BCUT2D eigenvalue weighted by Crippen LogP contribution is 2.19. The highest BCUT2D eigenvalue weighted by Gasteiger charge is 2.30. The van der Waals surface area contributed by atoms with Gasteiger partial charge in [-0.1, -0.05) is 13.0 Å². The van der Waals surface area contributed by atoms with E-state index in [0.717, 1.165) is 51.1 Å². The molecule has 1 aromatic heterocycles. The van der Waals surface area contributed by atoms with Crippen molar-refractivity contribution in [1.82, 2.24) is 20.5 Å². The van der Waals surface area contributed by atoms with Crippen LogP contribution in [0.25, 0.3) is 0 Å². The maximum atomic E-state index is 12.2. The minimum atomic E-state index is 0.0266. The molecule has 3 heterocycles. The van der Waals surface area contributed by atoms with Gasteiger partial charge in [-0.25, -0.2) is 0 Å². The molecule has 120 valence electrons. The summed E-state index contributed by atoms with van der Waals surface area (Å²) in [4.78, 5) is 19.1. The molecule has 2 aliphatic heterocycles. The highest BCUT2D eigenvalue weighted by molar-refractivity contribution is 5.82. The Hall–Kier alpha value is -1.46. The second-order valence-electron chi connectivity index (χ2n) is 6.59. The molecule has 1 amide bonds. The highest BCUT2D eigenvalue weighted by atomic mass is 16.2. The molecule has 0 unspecified atom stereocenters. The van der Waals surface area contributed by atoms with E-state index in [1.807, 2.05) is 18.3 Å². The Morgan fingerprint density at radius 1 is 1.45 bits per heavy atom. The number of hydrogen-bond acceptors (Lipinski definition) is 4. The maximum Gasteiger partial charge on any atom is 0.237 e. The van der Waals surface area contributed by atoms with E-state index in [9.17, 15) is 4.79 Å². The molecule has 2 fully saturated rings. The van der Waals surface area contributed by atoms with Gasteiger partial charge in [-0.15, -0.1) is 0 Å². The van der Waals surface area contributed by atoms with Crippen molar-refractivity contribution in [2.45, 2.75) is 44.8 Å². The molecular formula is C17H26N4O. The summed E-state index contributed by atoms with van der Waals surface area (Å²) >= 11 is 0. The van der Waals surface area contributed by atoms with Crippen molar-refractivity contribution in [3.8, 4) is 0 Å². The first-order chi connectivity index (χ1) is 10.7. The number of piperidine rings is 1. The molecule has 5 heteroatoms. The van der Waals surface area contributed by atoms with Gasteiger partial charge in [0.1, 0.15) is 0 Å². The summed E-state index contributed by atoms with van der Waals surface area (Å²) < 4.78 is 0. The van der Waals surface area contributed by atoms with Crippen molar-refractivity contribution in [2.24, 2.45) is 5.92 Å². The number of rotatable bonds is 4. The summed E-state index contributed by atoms with van der Waals surface area (Å²) in [5, 5.41) is 6.52. The molecule has 5 nitrogen and oxygen atoms in total. The van der Waals surface area contributed by atoms with Crippen LogP contribution in [0.3, 0.4) is 0 Å². The van der Waals surface area contributed by atoms with Gasteiger partial charge in [-0.3, -0.25) is 14.7 Å². The summed E-state index contributed by atoms with van der Waals surface area (Å²) in [6, 6.07) is 6.39. The van der Waals surface area contributed by atoms with E-state index in [2.05, 4.69) is 33.5 Å². The third-order valence-electron chi connectivity index (χ3n) is 4.81. The molecule has 2 saturated heterocycles. The third-order valence-corrected chi connectivity index (χ3v) is 4.81. The average Bonchev–Trinajstić information content (AvgIpc) is 3.05. The van der Waals surface area contributed by atoms with Crippen LogP contribution in [0.2, 0.25) is 0 Å². The van der Waals surface area contributed by atoms with Crippen molar-refractivity contribution in [3.63, 3.8) is 0 Å². The van der Waals surface area contributed by atoms with Gasteiger partial charge >= 0.3 is 0 Å². The first kappa shape index (κ1) is 15.4. The molecule has 0 aliphatic carbocycles. The number of carbonyl (C=O) groups excluding carboxylic acids is 1. The minimum absolute atomic E-state index is 0.0266. The van der Waals surface area contributed by atoms with Crippen LogP contribution in [0.1, 0.15) is 31.9 Å². The quantitative estimate of drug-likeness (QED) is 0.876.